The number of benzene rings is 3. The van der Waals surface area contributed by atoms with Crippen molar-refractivity contribution >= 4 is 0 Å². The maximum Gasteiger partial charge on any atom is 0.0366 e. The summed E-state index contributed by atoms with van der Waals surface area (Å²) in [5, 5.41) is 0. The second-order valence-corrected chi connectivity index (χ2v) is 14.0. The summed E-state index contributed by atoms with van der Waals surface area (Å²) in [4.78, 5) is 0. The minimum absolute atomic E-state index is 0.243. The lowest BCUT2D eigenvalue weighted by molar-refractivity contribution is 0.378. The van der Waals surface area contributed by atoms with Crippen LogP contribution in [0.5, 0.6) is 0 Å². The molecule has 0 amide bonds. The monoisotopic (exact) mass is 530 g/mol. The van der Waals surface area contributed by atoms with Crippen LogP contribution in [0.1, 0.15) is 127 Å². The fraction of sp³-hybridized carbons (Fsp3) is 0.538. The van der Waals surface area contributed by atoms with Crippen molar-refractivity contribution in [2.24, 2.45) is 23.2 Å². The van der Waals surface area contributed by atoms with Crippen LogP contribution in [-0.4, -0.2) is 0 Å². The average Bonchev–Trinajstić information content (AvgIpc) is 2.85. The van der Waals surface area contributed by atoms with Crippen LogP contribution in [0.2, 0.25) is 0 Å². The molecule has 3 aromatic rings. The summed E-state index contributed by atoms with van der Waals surface area (Å²) >= 11 is 0. The largest absolute Gasteiger partial charge is 0.0625 e. The van der Waals surface area contributed by atoms with Crippen LogP contribution >= 0.6 is 0 Å². The lowest BCUT2D eigenvalue weighted by atomic mass is 9.86. The molecule has 39 heavy (non-hydrogen) atoms. The predicted molar refractivity (Wildman–Crippen MR) is 173 cm³/mol. The molecule has 0 heteroatoms. The molecule has 212 valence electrons. The number of hydrogen-bond donors (Lipinski definition) is 0. The molecule has 0 atom stereocenters. The van der Waals surface area contributed by atoms with Gasteiger partial charge in [0.1, 0.15) is 0 Å². The molecule has 0 nitrogen and oxygen atoms in total. The predicted octanol–water partition coefficient (Wildman–Crippen LogP) is 10.8. The summed E-state index contributed by atoms with van der Waals surface area (Å²) in [6.45, 7) is 20.9. The highest BCUT2D eigenvalue weighted by Gasteiger charge is 2.13. The number of rotatable bonds is 12. The van der Waals surface area contributed by atoms with Crippen LogP contribution < -0.4 is 0 Å². The van der Waals surface area contributed by atoms with E-state index in [-0.39, 0.29) is 5.41 Å². The third-order valence-electron chi connectivity index (χ3n) is 6.45. The molecule has 0 fully saturated rings. The molecule has 0 unspecified atom stereocenters. The standard InChI is InChI=1S/C39H56/c1-27(2)13-32-16-30(7)17-35(20-32)24-37-22-34(15-29(5)6)23-38(26-37)25-36-19-31(11-12-39(8,9)10)18-33(21-36)14-28(3)4/h16-23,26-29H,11-15,24-25H2,1-10H3/i11D2,24D2,25D2. The Bertz CT molecular complexity index is 1460. The maximum atomic E-state index is 9.52. The molecule has 0 aliphatic carbocycles. The van der Waals surface area contributed by atoms with E-state index in [1.165, 1.54) is 0 Å². The summed E-state index contributed by atoms with van der Waals surface area (Å²) in [7, 11) is 0. The Hall–Kier alpha value is -2.34. The van der Waals surface area contributed by atoms with Crippen molar-refractivity contribution in [1.82, 2.24) is 0 Å². The molecule has 0 aliphatic heterocycles. The number of hydrogen-bond acceptors (Lipinski definition) is 0. The molecule has 0 bridgehead atoms. The van der Waals surface area contributed by atoms with Crippen LogP contribution in [0, 0.1) is 30.1 Å². The normalized spacial score (nSPS) is 15.6. The zero-order valence-electron chi connectivity index (χ0n) is 32.3. The first-order valence-corrected chi connectivity index (χ1v) is 14.9. The zero-order chi connectivity index (χ0) is 34.1. The molecule has 0 radical (unpaired) electrons. The average molecular weight is 531 g/mol. The molecule has 0 aliphatic rings. The van der Waals surface area contributed by atoms with Gasteiger partial charge in [0.2, 0.25) is 0 Å². The smallest absolute Gasteiger partial charge is 0.0366 e. The topological polar surface area (TPSA) is 0 Å². The van der Waals surface area contributed by atoms with Crippen molar-refractivity contribution in [2.75, 3.05) is 0 Å². The van der Waals surface area contributed by atoms with Gasteiger partial charge >= 0.3 is 0 Å². The van der Waals surface area contributed by atoms with E-state index in [0.717, 1.165) is 35.1 Å². The van der Waals surface area contributed by atoms with Crippen LogP contribution in [0.15, 0.2) is 54.6 Å². The van der Waals surface area contributed by atoms with Gasteiger partial charge in [-0.25, -0.2) is 0 Å². The van der Waals surface area contributed by atoms with E-state index in [4.69, 9.17) is 2.74 Å². The third kappa shape index (κ3) is 11.4. The van der Waals surface area contributed by atoms with Gasteiger partial charge in [0.15, 0.2) is 0 Å². The third-order valence-corrected chi connectivity index (χ3v) is 6.45. The molecule has 0 spiro atoms. The minimum Gasteiger partial charge on any atom is -0.0625 e. The van der Waals surface area contributed by atoms with Crippen LogP contribution in [0.4, 0.5) is 0 Å². The molecular weight excluding hydrogens is 468 g/mol. The summed E-state index contributed by atoms with van der Waals surface area (Å²) in [5.41, 5.74) is 6.05. The second-order valence-electron chi connectivity index (χ2n) is 14.0. The zero-order valence-corrected chi connectivity index (χ0v) is 26.3. The van der Waals surface area contributed by atoms with Gasteiger partial charge in [0, 0.05) is 8.22 Å². The molecule has 0 heterocycles. The first kappa shape index (κ1) is 23.4. The van der Waals surface area contributed by atoms with Crippen LogP contribution in [0.25, 0.3) is 0 Å². The van der Waals surface area contributed by atoms with Gasteiger partial charge in [0.05, 0.1) is 0 Å². The first-order chi connectivity index (χ1) is 20.5. The summed E-state index contributed by atoms with van der Waals surface area (Å²) in [6, 6.07) is 17.0. The van der Waals surface area contributed by atoms with Gasteiger partial charge < -0.3 is 0 Å². The molecule has 3 aromatic carbocycles. The molecule has 0 aromatic heterocycles. The molecule has 0 saturated carbocycles. The van der Waals surface area contributed by atoms with E-state index in [0.29, 0.717) is 58.4 Å². The molecule has 0 N–H and O–H groups in total. The van der Waals surface area contributed by atoms with Crippen LogP contribution in [0.3, 0.4) is 0 Å². The lowest BCUT2D eigenvalue weighted by Gasteiger charge is -2.19. The Balaban J connectivity index is 2.25. The van der Waals surface area contributed by atoms with E-state index in [2.05, 4.69) is 47.6 Å². The molecule has 3 rings (SSSR count). The van der Waals surface area contributed by atoms with E-state index in [1.807, 2.05) is 64.1 Å². The second kappa shape index (κ2) is 13.8. The van der Waals surface area contributed by atoms with Gasteiger partial charge in [-0.2, -0.15) is 0 Å². The highest BCUT2D eigenvalue weighted by molar-refractivity contribution is 5.40. The van der Waals surface area contributed by atoms with Crippen LogP contribution in [-0.2, 0) is 38.4 Å². The van der Waals surface area contributed by atoms with Crippen molar-refractivity contribution in [2.45, 2.75) is 114 Å². The van der Waals surface area contributed by atoms with Gasteiger partial charge in [-0.15, -0.1) is 0 Å². The first-order valence-electron chi connectivity index (χ1n) is 17.9. The van der Waals surface area contributed by atoms with E-state index < -0.39 is 19.1 Å². The highest BCUT2D eigenvalue weighted by Crippen LogP contribution is 2.26. The van der Waals surface area contributed by atoms with Crippen molar-refractivity contribution in [3.8, 4) is 0 Å². The number of aryl methyl sites for hydroxylation is 2. The van der Waals surface area contributed by atoms with Crippen molar-refractivity contribution in [3.05, 3.63) is 105 Å². The lowest BCUT2D eigenvalue weighted by Crippen LogP contribution is -2.07. The Morgan fingerprint density at radius 2 is 0.821 bits per heavy atom. The van der Waals surface area contributed by atoms with Gasteiger partial charge in [-0.3, -0.25) is 0 Å². The summed E-state index contributed by atoms with van der Waals surface area (Å²) in [5.74, 6) is 1.09. The SMILES string of the molecule is [2H]C([2H])(CC(C)(C)C)c1cc(CC(C)C)cc(C([2H])([2H])c2cc(CC(C)C)cc(C([2H])([2H])c3cc(C)cc(CC(C)C)c3)c2)c1. The minimum atomic E-state index is -1.97. The van der Waals surface area contributed by atoms with E-state index in [9.17, 15) is 5.48 Å². The molecular formula is C39H56. The Labute approximate surface area is 250 Å². The maximum absolute atomic E-state index is 9.52. The highest BCUT2D eigenvalue weighted by atomic mass is 14.2. The molecule has 0 saturated heterocycles. The summed E-state index contributed by atoms with van der Waals surface area (Å²) < 4.78 is 55.8. The fourth-order valence-electron chi connectivity index (χ4n) is 5.11. The van der Waals surface area contributed by atoms with Crippen molar-refractivity contribution < 1.29 is 8.22 Å². The Kier molecular flexibility index (Phi) is 8.29. The van der Waals surface area contributed by atoms with Gasteiger partial charge in [0.25, 0.3) is 0 Å². The fourth-order valence-corrected chi connectivity index (χ4v) is 5.11. The van der Waals surface area contributed by atoms with Crippen molar-refractivity contribution in [1.29, 1.82) is 0 Å². The Morgan fingerprint density at radius 1 is 0.513 bits per heavy atom. The Morgan fingerprint density at radius 3 is 1.23 bits per heavy atom. The van der Waals surface area contributed by atoms with Gasteiger partial charge in [-0.1, -0.05) is 122 Å². The summed E-state index contributed by atoms with van der Waals surface area (Å²) in [6.07, 6.45) is -2.82. The van der Waals surface area contributed by atoms with Crippen molar-refractivity contribution in [3.63, 3.8) is 0 Å². The van der Waals surface area contributed by atoms with E-state index >= 15 is 0 Å². The van der Waals surface area contributed by atoms with E-state index in [1.54, 1.807) is 12.1 Å². The van der Waals surface area contributed by atoms with Gasteiger partial charge in [-0.05, 0) is 119 Å². The quantitative estimate of drug-likeness (QED) is 0.218.